The van der Waals surface area contributed by atoms with Gasteiger partial charge in [0, 0.05) is 22.3 Å². The first-order valence-electron chi connectivity index (χ1n) is 8.41. The van der Waals surface area contributed by atoms with Crippen LogP contribution >= 0.6 is 0 Å². The van der Waals surface area contributed by atoms with Crippen molar-refractivity contribution in [2.45, 2.75) is 27.2 Å². The normalized spacial score (nSPS) is 10.2. The third-order valence-electron chi connectivity index (χ3n) is 3.83. The Morgan fingerprint density at radius 1 is 0.926 bits per heavy atom. The molecule has 140 valence electrons. The second-order valence-corrected chi connectivity index (χ2v) is 6.12. The Hall–Kier alpha value is -3.21. The van der Waals surface area contributed by atoms with E-state index in [1.54, 1.807) is 50.2 Å². The topological polar surface area (TPSA) is 52.6 Å². The summed E-state index contributed by atoms with van der Waals surface area (Å²) in [5.41, 5.74) is 1.80. The molecule has 0 saturated carbocycles. The summed E-state index contributed by atoms with van der Waals surface area (Å²) in [6.45, 7) is 11.9. The minimum absolute atomic E-state index is 0.179. The second kappa shape index (κ2) is 8.45. The molecule has 0 aliphatic heterocycles. The van der Waals surface area contributed by atoms with E-state index in [4.69, 9.17) is 9.47 Å². The monoisotopic (exact) mass is 368 g/mol. The van der Waals surface area contributed by atoms with Crippen molar-refractivity contribution in [1.82, 2.24) is 0 Å². The third-order valence-corrected chi connectivity index (χ3v) is 3.83. The van der Waals surface area contributed by atoms with Crippen LogP contribution in [0.15, 0.2) is 60.7 Å². The maximum Gasteiger partial charge on any atom is 0.338 e. The number of hydrogen-bond acceptors (Lipinski definition) is 4. The van der Waals surface area contributed by atoms with Crippen LogP contribution < -0.4 is 9.47 Å². The van der Waals surface area contributed by atoms with Gasteiger partial charge in [-0.05, 0) is 50.1 Å². The highest BCUT2D eigenvalue weighted by atomic mass is 19.1. The van der Waals surface area contributed by atoms with E-state index in [2.05, 4.69) is 13.2 Å². The van der Waals surface area contributed by atoms with Crippen molar-refractivity contribution in [3.8, 4) is 22.6 Å². The lowest BCUT2D eigenvalue weighted by Crippen LogP contribution is -2.10. The molecular weight excluding hydrogens is 347 g/mol. The summed E-state index contributed by atoms with van der Waals surface area (Å²) in [7, 11) is 0. The van der Waals surface area contributed by atoms with Crippen LogP contribution in [0.25, 0.3) is 11.1 Å². The summed E-state index contributed by atoms with van der Waals surface area (Å²) in [4.78, 5) is 23.3. The molecule has 0 atom stereocenters. The molecule has 0 unspecified atom stereocenters. The Kier molecular flexibility index (Phi) is 6.29. The molecule has 0 fully saturated rings. The Morgan fingerprint density at radius 3 is 2.00 bits per heavy atom. The van der Waals surface area contributed by atoms with Gasteiger partial charge in [0.15, 0.2) is 0 Å². The molecule has 27 heavy (non-hydrogen) atoms. The first-order chi connectivity index (χ1) is 12.7. The summed E-state index contributed by atoms with van der Waals surface area (Å²) >= 11 is 0. The van der Waals surface area contributed by atoms with E-state index in [9.17, 15) is 14.0 Å². The van der Waals surface area contributed by atoms with Gasteiger partial charge in [0.25, 0.3) is 0 Å². The van der Waals surface area contributed by atoms with Crippen LogP contribution in [-0.2, 0) is 16.0 Å². The van der Waals surface area contributed by atoms with Gasteiger partial charge in [0.1, 0.15) is 17.3 Å². The molecule has 2 rings (SSSR count). The number of rotatable bonds is 6. The van der Waals surface area contributed by atoms with Crippen molar-refractivity contribution in [3.05, 3.63) is 72.1 Å². The molecule has 0 saturated heterocycles. The fourth-order valence-electron chi connectivity index (χ4n) is 2.34. The first-order valence-corrected chi connectivity index (χ1v) is 8.41. The molecule has 0 aromatic heterocycles. The molecule has 5 heteroatoms. The molecular formula is C22H21FO4. The highest BCUT2D eigenvalue weighted by molar-refractivity contribution is 5.89. The van der Waals surface area contributed by atoms with E-state index in [0.29, 0.717) is 28.9 Å². The molecule has 0 N–H and O–H groups in total. The average Bonchev–Trinajstić information content (AvgIpc) is 2.62. The van der Waals surface area contributed by atoms with Gasteiger partial charge >= 0.3 is 11.9 Å². The molecule has 0 bridgehead atoms. The van der Waals surface area contributed by atoms with Gasteiger partial charge in [-0.3, -0.25) is 0 Å². The van der Waals surface area contributed by atoms with Gasteiger partial charge in [0.2, 0.25) is 0 Å². The fraction of sp³-hybridized carbons (Fsp3) is 0.182. The number of esters is 2. The van der Waals surface area contributed by atoms with Crippen LogP contribution in [0.3, 0.4) is 0 Å². The number of benzene rings is 2. The van der Waals surface area contributed by atoms with Gasteiger partial charge in [0.05, 0.1) is 0 Å². The van der Waals surface area contributed by atoms with E-state index in [1.807, 2.05) is 0 Å². The zero-order valence-corrected chi connectivity index (χ0v) is 15.6. The standard InChI is InChI=1S/C22H21FO4/c1-6-17-19(27-22(25)14(4)5)12-11-18(20(17)23)15-7-9-16(10-8-15)26-21(24)13(2)3/h7-12H,2,4,6H2,1,3,5H3. The minimum atomic E-state index is -0.597. The summed E-state index contributed by atoms with van der Waals surface area (Å²) in [5, 5.41) is 0. The smallest absolute Gasteiger partial charge is 0.338 e. The fourth-order valence-corrected chi connectivity index (χ4v) is 2.34. The summed E-state index contributed by atoms with van der Waals surface area (Å²) in [5.74, 6) is -1.06. The predicted octanol–water partition coefficient (Wildman–Crippen LogP) is 5.02. The lowest BCUT2D eigenvalue weighted by atomic mass is 10.00. The Bertz CT molecular complexity index is 911. The van der Waals surface area contributed by atoms with E-state index in [1.165, 1.54) is 6.92 Å². The zero-order valence-electron chi connectivity index (χ0n) is 15.6. The zero-order chi connectivity index (χ0) is 20.1. The largest absolute Gasteiger partial charge is 0.423 e. The summed E-state index contributed by atoms with van der Waals surface area (Å²) in [6, 6.07) is 9.57. The lowest BCUT2D eigenvalue weighted by Gasteiger charge is -2.13. The SMILES string of the molecule is C=C(C)C(=O)Oc1ccc(-c2ccc(OC(=O)C(=C)C)c(CC)c2F)cc1. The van der Waals surface area contributed by atoms with Crippen molar-refractivity contribution < 1.29 is 23.5 Å². The van der Waals surface area contributed by atoms with Crippen molar-refractivity contribution in [1.29, 1.82) is 0 Å². The number of carbonyl (C=O) groups is 2. The van der Waals surface area contributed by atoms with Crippen molar-refractivity contribution >= 4 is 11.9 Å². The van der Waals surface area contributed by atoms with Crippen LogP contribution in [0, 0.1) is 5.82 Å². The number of carbonyl (C=O) groups excluding carboxylic acids is 2. The maximum absolute atomic E-state index is 15.0. The molecule has 4 nitrogen and oxygen atoms in total. The summed E-state index contributed by atoms with van der Waals surface area (Å²) in [6.07, 6.45) is 0.354. The highest BCUT2D eigenvalue weighted by Gasteiger charge is 2.17. The van der Waals surface area contributed by atoms with Crippen LogP contribution in [0.4, 0.5) is 4.39 Å². The maximum atomic E-state index is 15.0. The van der Waals surface area contributed by atoms with Gasteiger partial charge in [-0.1, -0.05) is 32.2 Å². The van der Waals surface area contributed by atoms with E-state index in [0.717, 1.165) is 0 Å². The molecule has 0 heterocycles. The van der Waals surface area contributed by atoms with Gasteiger partial charge in [-0.25, -0.2) is 14.0 Å². The van der Waals surface area contributed by atoms with Crippen molar-refractivity contribution in [2.24, 2.45) is 0 Å². The van der Waals surface area contributed by atoms with Crippen LogP contribution in [0.1, 0.15) is 26.3 Å². The van der Waals surface area contributed by atoms with Crippen molar-refractivity contribution in [3.63, 3.8) is 0 Å². The minimum Gasteiger partial charge on any atom is -0.423 e. The van der Waals surface area contributed by atoms with E-state index >= 15 is 0 Å². The number of halogens is 1. The third kappa shape index (κ3) is 4.70. The Labute approximate surface area is 157 Å². The molecule has 2 aromatic carbocycles. The summed E-state index contributed by atoms with van der Waals surface area (Å²) < 4.78 is 25.3. The van der Waals surface area contributed by atoms with Crippen LogP contribution in [0.2, 0.25) is 0 Å². The highest BCUT2D eigenvalue weighted by Crippen LogP contribution is 2.32. The Morgan fingerprint density at radius 2 is 1.48 bits per heavy atom. The van der Waals surface area contributed by atoms with Gasteiger partial charge in [-0.15, -0.1) is 0 Å². The van der Waals surface area contributed by atoms with E-state index < -0.39 is 17.8 Å². The molecule has 0 amide bonds. The molecule has 0 aliphatic rings. The predicted molar refractivity (Wildman–Crippen MR) is 102 cm³/mol. The number of hydrogen-bond donors (Lipinski definition) is 0. The molecule has 0 radical (unpaired) electrons. The van der Waals surface area contributed by atoms with Crippen LogP contribution in [0.5, 0.6) is 11.5 Å². The van der Waals surface area contributed by atoms with Gasteiger partial charge < -0.3 is 9.47 Å². The second-order valence-electron chi connectivity index (χ2n) is 6.12. The number of ether oxygens (including phenoxy) is 2. The molecule has 2 aromatic rings. The Balaban J connectivity index is 2.33. The lowest BCUT2D eigenvalue weighted by molar-refractivity contribution is -0.131. The molecule has 0 spiro atoms. The van der Waals surface area contributed by atoms with Gasteiger partial charge in [-0.2, -0.15) is 0 Å². The quantitative estimate of drug-likeness (QED) is 0.408. The van der Waals surface area contributed by atoms with Crippen LogP contribution in [-0.4, -0.2) is 11.9 Å². The molecule has 0 aliphatic carbocycles. The van der Waals surface area contributed by atoms with Crippen molar-refractivity contribution in [2.75, 3.05) is 0 Å². The van der Waals surface area contributed by atoms with E-state index in [-0.39, 0.29) is 16.9 Å². The average molecular weight is 368 g/mol. The first kappa shape index (κ1) is 20.1.